The third-order valence-electron chi connectivity index (χ3n) is 5.85. The minimum Gasteiger partial charge on any atom is -0.464 e. The van der Waals surface area contributed by atoms with E-state index in [-0.39, 0.29) is 5.91 Å². The lowest BCUT2D eigenvalue weighted by Gasteiger charge is -2.17. The number of amides is 1. The second-order valence-electron chi connectivity index (χ2n) is 7.47. The highest BCUT2D eigenvalue weighted by Gasteiger charge is 2.35. The molecule has 2 heterocycles. The van der Waals surface area contributed by atoms with Crippen LogP contribution in [0.25, 0.3) is 11.1 Å². The highest BCUT2D eigenvalue weighted by atomic mass is 16.5. The Bertz CT molecular complexity index is 915. The average molecular weight is 379 g/mol. The van der Waals surface area contributed by atoms with Gasteiger partial charge in [0.1, 0.15) is 0 Å². The van der Waals surface area contributed by atoms with Crippen LogP contribution in [-0.4, -0.2) is 46.8 Å². The number of nitrogens with zero attached hydrogens (tertiary/aromatic N) is 3. The van der Waals surface area contributed by atoms with Gasteiger partial charge in [0, 0.05) is 30.8 Å². The number of likely N-dealkylation sites (tertiary alicyclic amines) is 1. The lowest BCUT2D eigenvalue weighted by molar-refractivity contribution is 0.0587. The van der Waals surface area contributed by atoms with Crippen molar-refractivity contribution in [2.75, 3.05) is 20.2 Å². The van der Waals surface area contributed by atoms with Crippen LogP contribution in [0.15, 0.2) is 42.6 Å². The van der Waals surface area contributed by atoms with E-state index in [0.29, 0.717) is 35.2 Å². The van der Waals surface area contributed by atoms with Crippen molar-refractivity contribution in [2.24, 2.45) is 11.8 Å². The molecule has 0 bridgehead atoms. The number of carbonyl (C=O) groups is 2. The highest BCUT2D eigenvalue weighted by molar-refractivity contribution is 5.98. The minimum absolute atomic E-state index is 0.0544. The molecule has 28 heavy (non-hydrogen) atoms. The number of aryl methyl sites for hydroxylation is 1. The van der Waals surface area contributed by atoms with Gasteiger partial charge >= 0.3 is 5.97 Å². The molecule has 1 aliphatic heterocycles. The third-order valence-corrected chi connectivity index (χ3v) is 5.85. The lowest BCUT2D eigenvalue weighted by Crippen LogP contribution is -2.29. The van der Waals surface area contributed by atoms with E-state index in [1.807, 2.05) is 36.1 Å². The molecule has 1 aliphatic carbocycles. The molecule has 1 saturated heterocycles. The predicted molar refractivity (Wildman–Crippen MR) is 106 cm³/mol. The monoisotopic (exact) mass is 379 g/mol. The van der Waals surface area contributed by atoms with Gasteiger partial charge in [-0.3, -0.25) is 9.48 Å². The van der Waals surface area contributed by atoms with Gasteiger partial charge in [-0.1, -0.05) is 24.3 Å². The maximum absolute atomic E-state index is 13.1. The van der Waals surface area contributed by atoms with E-state index in [9.17, 15) is 9.59 Å². The summed E-state index contributed by atoms with van der Waals surface area (Å²) in [5.41, 5.74) is 2.53. The van der Waals surface area contributed by atoms with E-state index in [2.05, 4.69) is 17.3 Å². The number of rotatable bonds is 4. The molecule has 0 radical (unpaired) electrons. The van der Waals surface area contributed by atoms with Crippen LogP contribution in [0.1, 0.15) is 40.6 Å². The van der Waals surface area contributed by atoms with Gasteiger partial charge in [0.05, 0.1) is 13.3 Å². The fourth-order valence-electron chi connectivity index (χ4n) is 4.33. The first-order chi connectivity index (χ1) is 13.6. The van der Waals surface area contributed by atoms with Crippen molar-refractivity contribution >= 4 is 11.9 Å². The number of aromatic nitrogens is 2. The second kappa shape index (κ2) is 7.62. The molecule has 0 unspecified atom stereocenters. The van der Waals surface area contributed by atoms with E-state index in [4.69, 9.17) is 4.74 Å². The Morgan fingerprint density at radius 2 is 1.89 bits per heavy atom. The number of methoxy groups -OCH3 is 1. The fourth-order valence-corrected chi connectivity index (χ4v) is 4.33. The molecule has 2 aliphatic rings. The van der Waals surface area contributed by atoms with E-state index in [0.717, 1.165) is 31.5 Å². The molecule has 1 fully saturated rings. The predicted octanol–water partition coefficient (Wildman–Crippen LogP) is 3.39. The van der Waals surface area contributed by atoms with E-state index >= 15 is 0 Å². The summed E-state index contributed by atoms with van der Waals surface area (Å²) in [4.78, 5) is 27.3. The Hall–Kier alpha value is -2.89. The summed E-state index contributed by atoms with van der Waals surface area (Å²) in [6.07, 6.45) is 8.25. The number of ether oxygens (including phenoxy) is 1. The zero-order valence-electron chi connectivity index (χ0n) is 16.3. The molecular formula is C22H25N3O3. The number of benzene rings is 1. The molecular weight excluding hydrogens is 354 g/mol. The molecule has 1 amide bonds. The SMILES string of the molecule is CCn1ncc(-c2cccc(C(=O)N3C[C@H]4CC=CC[C@H]4C3)c2)c1C(=O)OC. The fraction of sp³-hybridized carbons (Fsp3) is 0.409. The maximum Gasteiger partial charge on any atom is 0.356 e. The standard InChI is InChI=1S/C22H25N3O3/c1-3-25-20(22(27)28-2)19(12-23-25)15-9-6-10-16(11-15)21(26)24-13-17-7-4-5-8-18(17)14-24/h4-6,9-12,17-18H,3,7-8,13-14H2,1-2H3/t17-,18+. The topological polar surface area (TPSA) is 64.4 Å². The normalized spacial score (nSPS) is 20.9. The van der Waals surface area contributed by atoms with Gasteiger partial charge in [-0.2, -0.15) is 5.10 Å². The molecule has 6 heteroatoms. The van der Waals surface area contributed by atoms with Gasteiger partial charge < -0.3 is 9.64 Å². The quantitative estimate of drug-likeness (QED) is 0.603. The van der Waals surface area contributed by atoms with Crippen LogP contribution in [0.2, 0.25) is 0 Å². The van der Waals surface area contributed by atoms with Gasteiger partial charge in [-0.15, -0.1) is 0 Å². The number of fused-ring (bicyclic) bond motifs is 1. The van der Waals surface area contributed by atoms with Gasteiger partial charge in [-0.05, 0) is 49.3 Å². The van der Waals surface area contributed by atoms with Crippen molar-refractivity contribution in [3.63, 3.8) is 0 Å². The lowest BCUT2D eigenvalue weighted by atomic mass is 9.86. The molecule has 6 nitrogen and oxygen atoms in total. The van der Waals surface area contributed by atoms with Crippen molar-refractivity contribution < 1.29 is 14.3 Å². The Labute approximate surface area is 164 Å². The van der Waals surface area contributed by atoms with Crippen LogP contribution in [0.4, 0.5) is 0 Å². The van der Waals surface area contributed by atoms with Gasteiger partial charge in [0.25, 0.3) is 5.91 Å². The third kappa shape index (κ3) is 3.23. The minimum atomic E-state index is -0.429. The summed E-state index contributed by atoms with van der Waals surface area (Å²) in [7, 11) is 1.36. The van der Waals surface area contributed by atoms with Crippen molar-refractivity contribution in [3.05, 3.63) is 53.9 Å². The van der Waals surface area contributed by atoms with Crippen LogP contribution >= 0.6 is 0 Å². The number of hydrogen-bond acceptors (Lipinski definition) is 4. The van der Waals surface area contributed by atoms with E-state index in [1.54, 1.807) is 10.9 Å². The number of carbonyl (C=O) groups excluding carboxylic acids is 2. The Balaban J connectivity index is 1.61. The molecule has 146 valence electrons. The molecule has 0 saturated carbocycles. The Kier molecular flexibility index (Phi) is 5.03. The smallest absolute Gasteiger partial charge is 0.356 e. The Morgan fingerprint density at radius 3 is 2.54 bits per heavy atom. The van der Waals surface area contributed by atoms with Crippen LogP contribution in [-0.2, 0) is 11.3 Å². The molecule has 2 atom stereocenters. The number of allylic oxidation sites excluding steroid dienone is 2. The van der Waals surface area contributed by atoms with Crippen molar-refractivity contribution in [1.82, 2.24) is 14.7 Å². The summed E-state index contributed by atoms with van der Waals surface area (Å²) in [6.45, 7) is 4.12. The van der Waals surface area contributed by atoms with Crippen LogP contribution < -0.4 is 0 Å². The largest absolute Gasteiger partial charge is 0.464 e. The molecule has 0 spiro atoms. The van der Waals surface area contributed by atoms with Gasteiger partial charge in [0.2, 0.25) is 0 Å². The van der Waals surface area contributed by atoms with Crippen molar-refractivity contribution in [1.29, 1.82) is 0 Å². The number of hydrogen-bond donors (Lipinski definition) is 0. The highest BCUT2D eigenvalue weighted by Crippen LogP contribution is 2.34. The molecule has 2 aromatic rings. The molecule has 1 aromatic carbocycles. The first-order valence-corrected chi connectivity index (χ1v) is 9.81. The average Bonchev–Trinajstić information content (AvgIpc) is 3.36. The summed E-state index contributed by atoms with van der Waals surface area (Å²) in [5.74, 6) is 0.776. The first-order valence-electron chi connectivity index (χ1n) is 9.81. The van der Waals surface area contributed by atoms with Gasteiger partial charge in [0.15, 0.2) is 5.69 Å². The zero-order valence-corrected chi connectivity index (χ0v) is 16.3. The Morgan fingerprint density at radius 1 is 1.18 bits per heavy atom. The second-order valence-corrected chi connectivity index (χ2v) is 7.47. The summed E-state index contributed by atoms with van der Waals surface area (Å²) >= 11 is 0. The number of esters is 1. The molecule has 0 N–H and O–H groups in total. The van der Waals surface area contributed by atoms with Crippen LogP contribution in [0.3, 0.4) is 0 Å². The maximum atomic E-state index is 13.1. The zero-order chi connectivity index (χ0) is 19.7. The van der Waals surface area contributed by atoms with Crippen LogP contribution in [0.5, 0.6) is 0 Å². The summed E-state index contributed by atoms with van der Waals surface area (Å²) < 4.78 is 6.55. The summed E-state index contributed by atoms with van der Waals surface area (Å²) in [5, 5.41) is 4.29. The first kappa shape index (κ1) is 18.5. The van der Waals surface area contributed by atoms with E-state index < -0.39 is 5.97 Å². The van der Waals surface area contributed by atoms with Gasteiger partial charge in [-0.25, -0.2) is 4.79 Å². The van der Waals surface area contributed by atoms with Crippen LogP contribution in [0, 0.1) is 11.8 Å². The van der Waals surface area contributed by atoms with Crippen molar-refractivity contribution in [2.45, 2.75) is 26.3 Å². The summed E-state index contributed by atoms with van der Waals surface area (Å²) in [6, 6.07) is 7.45. The van der Waals surface area contributed by atoms with Crippen molar-refractivity contribution in [3.8, 4) is 11.1 Å². The van der Waals surface area contributed by atoms with E-state index in [1.165, 1.54) is 7.11 Å². The molecule has 4 rings (SSSR count). The molecule has 1 aromatic heterocycles.